The fraction of sp³-hybridized carbons (Fsp3) is 1.00. The highest BCUT2D eigenvalue weighted by molar-refractivity contribution is 4.81. The van der Waals surface area contributed by atoms with Crippen LogP contribution in [0.5, 0.6) is 0 Å². The molecule has 0 saturated heterocycles. The summed E-state index contributed by atoms with van der Waals surface area (Å²) in [6.07, 6.45) is 7.07. The Morgan fingerprint density at radius 2 is 2.13 bits per heavy atom. The Bertz CT molecular complexity index is 159. The van der Waals surface area contributed by atoms with E-state index in [1.807, 2.05) is 0 Å². The highest BCUT2D eigenvalue weighted by Crippen LogP contribution is 2.27. The molecule has 0 aromatic carbocycles. The number of nitrogens with one attached hydrogen (secondary N) is 1. The summed E-state index contributed by atoms with van der Waals surface area (Å²) in [5.74, 6) is 0.927. The van der Waals surface area contributed by atoms with Crippen molar-refractivity contribution in [2.24, 2.45) is 5.92 Å². The first kappa shape index (κ1) is 13.0. The van der Waals surface area contributed by atoms with E-state index in [0.717, 1.165) is 31.5 Å². The molecule has 0 amide bonds. The van der Waals surface area contributed by atoms with Crippen molar-refractivity contribution in [2.75, 3.05) is 13.2 Å². The molecule has 1 N–H and O–H groups in total. The summed E-state index contributed by atoms with van der Waals surface area (Å²) < 4.78 is 5.52. The fourth-order valence-corrected chi connectivity index (χ4v) is 2.47. The maximum absolute atomic E-state index is 5.52. The quantitative estimate of drug-likeness (QED) is 0.656. The molecule has 2 atom stereocenters. The van der Waals surface area contributed by atoms with Crippen molar-refractivity contribution in [2.45, 2.75) is 65.0 Å². The molecule has 0 aromatic heterocycles. The van der Waals surface area contributed by atoms with Crippen LogP contribution in [-0.4, -0.2) is 25.3 Å². The van der Waals surface area contributed by atoms with Gasteiger partial charge in [0, 0.05) is 12.6 Å². The van der Waals surface area contributed by atoms with Gasteiger partial charge in [-0.2, -0.15) is 0 Å². The summed E-state index contributed by atoms with van der Waals surface area (Å²) in [7, 11) is 0. The van der Waals surface area contributed by atoms with Crippen LogP contribution in [0.25, 0.3) is 0 Å². The Labute approximate surface area is 94.8 Å². The first-order chi connectivity index (χ1) is 7.24. The van der Waals surface area contributed by atoms with Crippen LogP contribution in [0.15, 0.2) is 0 Å². The molecule has 0 spiro atoms. The second-order valence-electron chi connectivity index (χ2n) is 4.93. The summed E-state index contributed by atoms with van der Waals surface area (Å²) in [6.45, 7) is 8.52. The topological polar surface area (TPSA) is 21.3 Å². The summed E-state index contributed by atoms with van der Waals surface area (Å²) in [6, 6.07) is 0.786. The van der Waals surface area contributed by atoms with Gasteiger partial charge in [-0.05, 0) is 45.6 Å². The van der Waals surface area contributed by atoms with Crippen molar-refractivity contribution < 1.29 is 4.74 Å². The molecule has 1 rings (SSSR count). The van der Waals surface area contributed by atoms with Crippen LogP contribution in [0.3, 0.4) is 0 Å². The van der Waals surface area contributed by atoms with Crippen LogP contribution in [0.4, 0.5) is 0 Å². The van der Waals surface area contributed by atoms with Crippen molar-refractivity contribution >= 4 is 0 Å². The number of ether oxygens (including phenoxy) is 1. The smallest absolute Gasteiger partial charge is 0.0518 e. The third-order valence-electron chi connectivity index (χ3n) is 3.36. The monoisotopic (exact) mass is 213 g/mol. The largest absolute Gasteiger partial charge is 0.379 e. The Balaban J connectivity index is 1.99. The van der Waals surface area contributed by atoms with Gasteiger partial charge in [0.15, 0.2) is 0 Å². The second-order valence-corrected chi connectivity index (χ2v) is 4.93. The van der Waals surface area contributed by atoms with Gasteiger partial charge in [0.05, 0.1) is 6.10 Å². The predicted molar refractivity (Wildman–Crippen MR) is 65.1 cm³/mol. The maximum atomic E-state index is 5.52. The van der Waals surface area contributed by atoms with Crippen molar-refractivity contribution in [3.63, 3.8) is 0 Å². The SMILES string of the molecule is CCC1CCCC1NCCCOC(C)C. The Hall–Kier alpha value is -0.0800. The van der Waals surface area contributed by atoms with E-state index in [1.165, 1.54) is 25.7 Å². The van der Waals surface area contributed by atoms with Crippen LogP contribution < -0.4 is 5.32 Å². The van der Waals surface area contributed by atoms with Gasteiger partial charge < -0.3 is 10.1 Å². The molecule has 2 unspecified atom stereocenters. The zero-order chi connectivity index (χ0) is 11.1. The van der Waals surface area contributed by atoms with Gasteiger partial charge in [-0.25, -0.2) is 0 Å². The van der Waals surface area contributed by atoms with E-state index in [9.17, 15) is 0 Å². The van der Waals surface area contributed by atoms with E-state index in [1.54, 1.807) is 0 Å². The van der Waals surface area contributed by atoms with E-state index in [0.29, 0.717) is 6.10 Å². The minimum Gasteiger partial charge on any atom is -0.379 e. The van der Waals surface area contributed by atoms with E-state index >= 15 is 0 Å². The molecule has 0 bridgehead atoms. The lowest BCUT2D eigenvalue weighted by atomic mass is 10.0. The Morgan fingerprint density at radius 3 is 2.80 bits per heavy atom. The highest BCUT2D eigenvalue weighted by atomic mass is 16.5. The minimum atomic E-state index is 0.375. The van der Waals surface area contributed by atoms with Gasteiger partial charge in [-0.3, -0.25) is 0 Å². The van der Waals surface area contributed by atoms with Gasteiger partial charge in [-0.1, -0.05) is 19.8 Å². The summed E-state index contributed by atoms with van der Waals surface area (Å²) in [4.78, 5) is 0. The van der Waals surface area contributed by atoms with Crippen LogP contribution in [0, 0.1) is 5.92 Å². The zero-order valence-electron chi connectivity index (χ0n) is 10.6. The second kappa shape index (κ2) is 7.24. The molecule has 2 nitrogen and oxygen atoms in total. The lowest BCUT2D eigenvalue weighted by Gasteiger charge is -2.19. The van der Waals surface area contributed by atoms with Gasteiger partial charge in [0.1, 0.15) is 0 Å². The van der Waals surface area contributed by atoms with Crippen molar-refractivity contribution in [3.05, 3.63) is 0 Å². The summed E-state index contributed by atoms with van der Waals surface area (Å²) in [5, 5.41) is 3.68. The number of hydrogen-bond donors (Lipinski definition) is 1. The predicted octanol–water partition coefficient (Wildman–Crippen LogP) is 2.97. The van der Waals surface area contributed by atoms with Crippen LogP contribution >= 0.6 is 0 Å². The van der Waals surface area contributed by atoms with E-state index < -0.39 is 0 Å². The van der Waals surface area contributed by atoms with Crippen LogP contribution in [0.2, 0.25) is 0 Å². The van der Waals surface area contributed by atoms with Crippen molar-refractivity contribution in [1.82, 2.24) is 5.32 Å². The highest BCUT2D eigenvalue weighted by Gasteiger charge is 2.24. The Kier molecular flexibility index (Phi) is 6.26. The zero-order valence-corrected chi connectivity index (χ0v) is 10.6. The average molecular weight is 213 g/mol. The average Bonchev–Trinajstić information content (AvgIpc) is 2.64. The third-order valence-corrected chi connectivity index (χ3v) is 3.36. The molecule has 2 heteroatoms. The molecule has 1 aliphatic carbocycles. The molecule has 0 heterocycles. The lowest BCUT2D eigenvalue weighted by molar-refractivity contribution is 0.0765. The molecular weight excluding hydrogens is 186 g/mol. The van der Waals surface area contributed by atoms with Crippen LogP contribution in [-0.2, 0) is 4.74 Å². The summed E-state index contributed by atoms with van der Waals surface area (Å²) >= 11 is 0. The molecule has 0 aromatic rings. The first-order valence-electron chi connectivity index (χ1n) is 6.59. The van der Waals surface area contributed by atoms with Gasteiger partial charge in [-0.15, -0.1) is 0 Å². The summed E-state index contributed by atoms with van der Waals surface area (Å²) in [5.41, 5.74) is 0. The molecule has 90 valence electrons. The minimum absolute atomic E-state index is 0.375. The van der Waals surface area contributed by atoms with Gasteiger partial charge in [0.2, 0.25) is 0 Å². The standard InChI is InChI=1S/C13H27NO/c1-4-12-7-5-8-13(12)14-9-6-10-15-11(2)3/h11-14H,4-10H2,1-3H3. The third kappa shape index (κ3) is 4.98. The van der Waals surface area contributed by atoms with Crippen molar-refractivity contribution in [3.8, 4) is 0 Å². The normalized spacial score (nSPS) is 26.4. The van der Waals surface area contributed by atoms with E-state index in [4.69, 9.17) is 4.74 Å². The number of rotatable bonds is 7. The maximum Gasteiger partial charge on any atom is 0.0518 e. The van der Waals surface area contributed by atoms with Gasteiger partial charge in [0.25, 0.3) is 0 Å². The Morgan fingerprint density at radius 1 is 1.33 bits per heavy atom. The molecule has 1 aliphatic rings. The number of hydrogen-bond acceptors (Lipinski definition) is 2. The molecule has 0 radical (unpaired) electrons. The van der Waals surface area contributed by atoms with E-state index in [2.05, 4.69) is 26.1 Å². The molecule has 0 aliphatic heterocycles. The fourth-order valence-electron chi connectivity index (χ4n) is 2.47. The molecule has 15 heavy (non-hydrogen) atoms. The molecule has 1 saturated carbocycles. The van der Waals surface area contributed by atoms with Crippen molar-refractivity contribution in [1.29, 1.82) is 0 Å². The van der Waals surface area contributed by atoms with Crippen LogP contribution in [0.1, 0.15) is 52.9 Å². The first-order valence-corrected chi connectivity index (χ1v) is 6.59. The van der Waals surface area contributed by atoms with E-state index in [-0.39, 0.29) is 0 Å². The lowest BCUT2D eigenvalue weighted by Crippen LogP contribution is -2.33. The molecule has 1 fully saturated rings. The molecular formula is C13H27NO. The van der Waals surface area contributed by atoms with Gasteiger partial charge >= 0.3 is 0 Å².